The second kappa shape index (κ2) is 34.0. The van der Waals surface area contributed by atoms with Crippen LogP contribution in [0.1, 0.15) is 206 Å². The van der Waals surface area contributed by atoms with Crippen molar-refractivity contribution in [2.45, 2.75) is 175 Å². The molecule has 0 unspecified atom stereocenters. The summed E-state index contributed by atoms with van der Waals surface area (Å²) in [4.78, 5) is 39.2. The predicted octanol–water partition coefficient (Wildman–Crippen LogP) is 13.2. The molecule has 0 radical (unpaired) electrons. The van der Waals surface area contributed by atoms with Crippen LogP contribution in [0.25, 0.3) is 0 Å². The summed E-state index contributed by atoms with van der Waals surface area (Å²) in [6.07, 6.45) is 39.6. The molecule has 1 rings (SSSR count). The number of esters is 3. The third kappa shape index (κ3) is 25.5. The van der Waals surface area contributed by atoms with E-state index in [1.165, 1.54) is 76.0 Å². The van der Waals surface area contributed by atoms with Crippen LogP contribution < -0.4 is 0 Å². The fourth-order valence-electron chi connectivity index (χ4n) is 5.62. The van der Waals surface area contributed by atoms with Crippen LogP contribution in [0.3, 0.4) is 0 Å². The number of ether oxygens (including phenoxy) is 3. The van der Waals surface area contributed by atoms with Crippen molar-refractivity contribution >= 4 is 17.9 Å². The van der Waals surface area contributed by atoms with Gasteiger partial charge in [-0.1, -0.05) is 95.8 Å². The Labute approximate surface area is 311 Å². The number of rotatable bonds is 33. The van der Waals surface area contributed by atoms with Crippen LogP contribution in [-0.2, 0) is 14.2 Å². The zero-order valence-electron chi connectivity index (χ0n) is 32.7. The van der Waals surface area contributed by atoms with Crippen molar-refractivity contribution in [1.82, 2.24) is 0 Å². The first kappa shape index (κ1) is 45.9. The van der Waals surface area contributed by atoms with E-state index < -0.39 is 17.9 Å². The molecule has 288 valence electrons. The number of benzene rings is 1. The molecule has 0 aliphatic rings. The van der Waals surface area contributed by atoms with Gasteiger partial charge in [-0.05, 0) is 134 Å². The van der Waals surface area contributed by atoms with E-state index >= 15 is 0 Å². The van der Waals surface area contributed by atoms with Crippen molar-refractivity contribution in [3.63, 3.8) is 0 Å². The Morgan fingerprint density at radius 3 is 1.12 bits per heavy atom. The quantitative estimate of drug-likeness (QED) is 0.0313. The summed E-state index contributed by atoms with van der Waals surface area (Å²) in [5.74, 6) is -1.72. The molecule has 0 saturated heterocycles. The van der Waals surface area contributed by atoms with Crippen LogP contribution in [0.15, 0.2) is 54.7 Å². The molecule has 6 nitrogen and oxygen atoms in total. The molecule has 1 aromatic rings. The largest absolute Gasteiger partial charge is 0.462 e. The molecule has 0 amide bonds. The fraction of sp³-hybridized carbons (Fsp3) is 0.667. The Morgan fingerprint density at radius 1 is 0.412 bits per heavy atom. The van der Waals surface area contributed by atoms with Crippen molar-refractivity contribution in [1.29, 1.82) is 0 Å². The van der Waals surface area contributed by atoms with Gasteiger partial charge in [0, 0.05) is 0 Å². The van der Waals surface area contributed by atoms with Gasteiger partial charge in [-0.2, -0.15) is 0 Å². The lowest BCUT2D eigenvalue weighted by atomic mass is 10.0. The number of hydrogen-bond acceptors (Lipinski definition) is 6. The summed E-state index contributed by atoms with van der Waals surface area (Å²) in [6, 6.07) is 4.43. The van der Waals surface area contributed by atoms with E-state index in [4.69, 9.17) is 14.2 Å². The summed E-state index contributed by atoms with van der Waals surface area (Å²) in [6.45, 7) is 7.48. The Bertz CT molecular complexity index is 1120. The SMILES string of the molecule is CCCCC/C=C/CCCCCOC(=O)c1ccc(C(=O)OCCCCC/C=C/CCCCC)c(C(=O)OCCCCC/C=C/CCCCC)c1. The molecule has 0 heterocycles. The van der Waals surface area contributed by atoms with Gasteiger partial charge in [0.2, 0.25) is 0 Å². The number of hydrogen-bond donors (Lipinski definition) is 0. The highest BCUT2D eigenvalue weighted by atomic mass is 16.5. The van der Waals surface area contributed by atoms with Crippen molar-refractivity contribution in [3.05, 3.63) is 71.3 Å². The van der Waals surface area contributed by atoms with E-state index in [9.17, 15) is 14.4 Å². The highest BCUT2D eigenvalue weighted by Gasteiger charge is 2.22. The van der Waals surface area contributed by atoms with E-state index in [2.05, 4.69) is 57.2 Å². The smallest absolute Gasteiger partial charge is 0.339 e. The highest BCUT2D eigenvalue weighted by Crippen LogP contribution is 2.18. The zero-order valence-corrected chi connectivity index (χ0v) is 32.7. The van der Waals surface area contributed by atoms with Gasteiger partial charge >= 0.3 is 17.9 Å². The number of carbonyl (C=O) groups excluding carboxylic acids is 3. The number of unbranched alkanes of at least 4 members (excludes halogenated alkanes) is 18. The minimum absolute atomic E-state index is 0.0448. The third-order valence-electron chi connectivity index (χ3n) is 8.86. The molecule has 1 aromatic carbocycles. The summed E-state index contributed by atoms with van der Waals surface area (Å²) >= 11 is 0. The molecule has 51 heavy (non-hydrogen) atoms. The highest BCUT2D eigenvalue weighted by molar-refractivity contribution is 6.05. The minimum atomic E-state index is -0.624. The molecule has 0 N–H and O–H groups in total. The van der Waals surface area contributed by atoms with Gasteiger partial charge in [0.15, 0.2) is 0 Å². The first-order valence-electron chi connectivity index (χ1n) is 20.6. The van der Waals surface area contributed by atoms with Crippen molar-refractivity contribution < 1.29 is 28.6 Å². The van der Waals surface area contributed by atoms with Gasteiger partial charge in [-0.15, -0.1) is 0 Å². The first-order valence-corrected chi connectivity index (χ1v) is 20.6. The number of carbonyl (C=O) groups is 3. The lowest BCUT2D eigenvalue weighted by Gasteiger charge is -2.12. The van der Waals surface area contributed by atoms with Crippen LogP contribution in [0.2, 0.25) is 0 Å². The Balaban J connectivity index is 2.63. The van der Waals surface area contributed by atoms with Crippen LogP contribution in [-0.4, -0.2) is 37.7 Å². The molecule has 6 heteroatoms. The molecular formula is C45H72O6. The van der Waals surface area contributed by atoms with Crippen LogP contribution in [0.5, 0.6) is 0 Å². The maximum atomic E-state index is 13.2. The summed E-state index contributed by atoms with van der Waals surface area (Å²) in [5.41, 5.74) is 0.382. The lowest BCUT2D eigenvalue weighted by Crippen LogP contribution is -2.17. The molecule has 0 aromatic heterocycles. The molecule has 0 atom stereocenters. The van der Waals surface area contributed by atoms with E-state index in [-0.39, 0.29) is 29.9 Å². The monoisotopic (exact) mass is 709 g/mol. The average molecular weight is 709 g/mol. The van der Waals surface area contributed by atoms with Crippen LogP contribution in [0, 0.1) is 0 Å². The van der Waals surface area contributed by atoms with Gasteiger partial charge in [0.05, 0.1) is 36.5 Å². The van der Waals surface area contributed by atoms with E-state index in [0.29, 0.717) is 6.61 Å². The Morgan fingerprint density at radius 2 is 0.745 bits per heavy atom. The lowest BCUT2D eigenvalue weighted by molar-refractivity contribution is 0.0448. The summed E-state index contributed by atoms with van der Waals surface area (Å²) in [5, 5.41) is 0. The van der Waals surface area contributed by atoms with Crippen LogP contribution in [0.4, 0.5) is 0 Å². The number of allylic oxidation sites excluding steroid dienone is 6. The van der Waals surface area contributed by atoms with Crippen molar-refractivity contribution in [3.8, 4) is 0 Å². The summed E-state index contributed by atoms with van der Waals surface area (Å²) < 4.78 is 16.7. The molecule has 0 bridgehead atoms. The standard InChI is InChI=1S/C45H72O6/c1-4-7-10-13-16-19-22-25-28-31-36-49-43(46)40-34-35-41(44(47)50-37-32-29-26-23-20-17-14-11-8-5-2)42(39-40)45(48)51-38-33-30-27-24-21-18-15-12-9-6-3/h16-21,34-35,39H,4-15,22-33,36-38H2,1-3H3/b19-16+,20-17+,21-18+. The molecular weight excluding hydrogens is 636 g/mol. The Kier molecular flexibility index (Phi) is 30.5. The van der Waals surface area contributed by atoms with Crippen LogP contribution >= 0.6 is 0 Å². The van der Waals surface area contributed by atoms with Crippen molar-refractivity contribution in [2.75, 3.05) is 19.8 Å². The molecule has 0 aliphatic heterocycles. The molecule has 0 aliphatic carbocycles. The van der Waals surface area contributed by atoms with Gasteiger partial charge in [-0.25, -0.2) is 14.4 Å². The minimum Gasteiger partial charge on any atom is -0.462 e. The average Bonchev–Trinajstić information content (AvgIpc) is 3.14. The fourth-order valence-corrected chi connectivity index (χ4v) is 5.62. The molecule has 0 saturated carbocycles. The van der Waals surface area contributed by atoms with Gasteiger partial charge < -0.3 is 14.2 Å². The van der Waals surface area contributed by atoms with Gasteiger partial charge in [0.1, 0.15) is 0 Å². The van der Waals surface area contributed by atoms with E-state index in [1.54, 1.807) is 0 Å². The maximum absolute atomic E-state index is 13.2. The molecule has 0 fully saturated rings. The predicted molar refractivity (Wildman–Crippen MR) is 213 cm³/mol. The Hall–Kier alpha value is -3.15. The van der Waals surface area contributed by atoms with Crippen molar-refractivity contribution in [2.24, 2.45) is 0 Å². The first-order chi connectivity index (χ1) is 25.0. The third-order valence-corrected chi connectivity index (χ3v) is 8.86. The topological polar surface area (TPSA) is 78.9 Å². The second-order valence-electron chi connectivity index (χ2n) is 13.6. The van der Waals surface area contributed by atoms with Gasteiger partial charge in [-0.3, -0.25) is 0 Å². The second-order valence-corrected chi connectivity index (χ2v) is 13.6. The zero-order chi connectivity index (χ0) is 37.0. The van der Waals surface area contributed by atoms with E-state index in [1.807, 2.05) is 0 Å². The summed E-state index contributed by atoms with van der Waals surface area (Å²) in [7, 11) is 0. The maximum Gasteiger partial charge on any atom is 0.339 e. The normalized spacial score (nSPS) is 11.6. The van der Waals surface area contributed by atoms with Gasteiger partial charge in [0.25, 0.3) is 0 Å². The molecule has 0 spiro atoms. The van der Waals surface area contributed by atoms with E-state index in [0.717, 1.165) is 96.3 Å².